The van der Waals surface area contributed by atoms with Crippen molar-refractivity contribution in [2.45, 2.75) is 45.4 Å². The third-order valence-corrected chi connectivity index (χ3v) is 6.67. The Labute approximate surface area is 177 Å². The van der Waals surface area contributed by atoms with Crippen LogP contribution in [0.4, 0.5) is 5.95 Å². The van der Waals surface area contributed by atoms with Crippen LogP contribution in [0.15, 0.2) is 23.5 Å². The highest BCUT2D eigenvalue weighted by Crippen LogP contribution is 2.27. The molecule has 2 aromatic heterocycles. The molecule has 0 bridgehead atoms. The molecule has 0 amide bonds. The monoisotopic (exact) mass is 413 g/mol. The van der Waals surface area contributed by atoms with Gasteiger partial charge in [-0.1, -0.05) is 0 Å². The second-order valence-electron chi connectivity index (χ2n) is 7.55. The van der Waals surface area contributed by atoms with Gasteiger partial charge >= 0.3 is 0 Å². The number of fused-ring (bicyclic) bond motifs is 1. The molecule has 8 heteroatoms. The first kappa shape index (κ1) is 20.1. The van der Waals surface area contributed by atoms with Crippen molar-refractivity contribution >= 4 is 23.2 Å². The summed E-state index contributed by atoms with van der Waals surface area (Å²) in [5.74, 6) is 1.85. The van der Waals surface area contributed by atoms with Crippen molar-refractivity contribution < 1.29 is 0 Å². The SMILES string of the molecule is CCNC(=NCCCc1nc2c(s1)CCCC2)N1CCN(c2ncccn2)CC1. The summed E-state index contributed by atoms with van der Waals surface area (Å²) in [6, 6.07) is 1.86. The summed E-state index contributed by atoms with van der Waals surface area (Å²) in [6.07, 6.45) is 10.7. The Morgan fingerprint density at radius 3 is 2.69 bits per heavy atom. The van der Waals surface area contributed by atoms with Crippen molar-refractivity contribution in [2.75, 3.05) is 44.2 Å². The van der Waals surface area contributed by atoms with Crippen molar-refractivity contribution in [3.8, 4) is 0 Å². The summed E-state index contributed by atoms with van der Waals surface area (Å²) < 4.78 is 0. The highest BCUT2D eigenvalue weighted by Gasteiger charge is 2.21. The molecule has 29 heavy (non-hydrogen) atoms. The molecule has 3 heterocycles. The zero-order chi connectivity index (χ0) is 19.9. The number of hydrogen-bond donors (Lipinski definition) is 1. The first-order chi connectivity index (χ1) is 14.3. The van der Waals surface area contributed by atoms with Crippen LogP contribution in [-0.4, -0.2) is 65.1 Å². The number of aromatic nitrogens is 3. The Hall–Kier alpha value is -2.22. The van der Waals surface area contributed by atoms with Crippen LogP contribution >= 0.6 is 11.3 Å². The molecular weight excluding hydrogens is 382 g/mol. The quantitative estimate of drug-likeness (QED) is 0.446. The van der Waals surface area contributed by atoms with E-state index in [2.05, 4.69) is 32.0 Å². The Morgan fingerprint density at radius 2 is 1.93 bits per heavy atom. The van der Waals surface area contributed by atoms with E-state index in [4.69, 9.17) is 9.98 Å². The molecule has 1 fully saturated rings. The van der Waals surface area contributed by atoms with E-state index in [0.717, 1.165) is 64.0 Å². The van der Waals surface area contributed by atoms with E-state index in [1.807, 2.05) is 17.4 Å². The number of guanidine groups is 1. The molecule has 2 aromatic rings. The van der Waals surface area contributed by atoms with Gasteiger partial charge < -0.3 is 15.1 Å². The molecule has 0 saturated carbocycles. The Kier molecular flexibility index (Phi) is 6.92. The van der Waals surface area contributed by atoms with Gasteiger partial charge in [0.1, 0.15) is 0 Å². The van der Waals surface area contributed by atoms with E-state index in [1.54, 1.807) is 12.4 Å². The molecule has 4 rings (SSSR count). The fraction of sp³-hybridized carbons (Fsp3) is 0.619. The average Bonchev–Trinajstić information content (AvgIpc) is 3.19. The highest BCUT2D eigenvalue weighted by molar-refractivity contribution is 7.11. The summed E-state index contributed by atoms with van der Waals surface area (Å²) in [5.41, 5.74) is 1.37. The molecule has 0 atom stereocenters. The summed E-state index contributed by atoms with van der Waals surface area (Å²) >= 11 is 1.93. The molecule has 1 saturated heterocycles. The van der Waals surface area contributed by atoms with Crippen molar-refractivity contribution in [1.82, 2.24) is 25.2 Å². The van der Waals surface area contributed by atoms with Crippen LogP contribution in [0.5, 0.6) is 0 Å². The minimum atomic E-state index is 0.820. The lowest BCUT2D eigenvalue weighted by atomic mass is 10.0. The minimum absolute atomic E-state index is 0.820. The number of aryl methyl sites for hydroxylation is 3. The van der Waals surface area contributed by atoms with Crippen LogP contribution in [0.25, 0.3) is 0 Å². The van der Waals surface area contributed by atoms with Crippen LogP contribution < -0.4 is 10.2 Å². The Balaban J connectivity index is 1.27. The highest BCUT2D eigenvalue weighted by atomic mass is 32.1. The normalized spacial score (nSPS) is 17.3. The number of rotatable bonds is 6. The molecule has 1 N–H and O–H groups in total. The van der Waals surface area contributed by atoms with Gasteiger partial charge in [-0.2, -0.15) is 0 Å². The molecule has 1 aliphatic carbocycles. The van der Waals surface area contributed by atoms with Gasteiger partial charge in [-0.05, 0) is 45.1 Å². The maximum absolute atomic E-state index is 4.89. The number of nitrogens with zero attached hydrogens (tertiary/aromatic N) is 6. The van der Waals surface area contributed by atoms with Gasteiger partial charge in [0.15, 0.2) is 5.96 Å². The smallest absolute Gasteiger partial charge is 0.225 e. The van der Waals surface area contributed by atoms with E-state index in [1.165, 1.54) is 41.3 Å². The third-order valence-electron chi connectivity index (χ3n) is 5.45. The second kappa shape index (κ2) is 10.0. The summed E-state index contributed by atoms with van der Waals surface area (Å²) in [5, 5.41) is 4.76. The van der Waals surface area contributed by atoms with Gasteiger partial charge in [-0.25, -0.2) is 15.0 Å². The lowest BCUT2D eigenvalue weighted by molar-refractivity contribution is 0.370. The number of anilines is 1. The largest absolute Gasteiger partial charge is 0.357 e. The molecule has 1 aliphatic heterocycles. The second-order valence-corrected chi connectivity index (χ2v) is 8.71. The standard InChI is InChI=1S/C21H31N7S/c1-2-22-20(27-13-15-28(16-14-27)21-24-11-6-12-25-21)23-10-5-9-19-26-17-7-3-4-8-18(17)29-19/h6,11-12H,2-5,7-10,13-16H2,1H3,(H,22,23). The molecule has 156 valence electrons. The van der Waals surface area contributed by atoms with Crippen molar-refractivity contribution in [3.05, 3.63) is 34.0 Å². The fourth-order valence-electron chi connectivity index (χ4n) is 3.93. The number of thiazole rings is 1. The number of piperazine rings is 1. The van der Waals surface area contributed by atoms with Gasteiger partial charge in [0.05, 0.1) is 10.7 Å². The Morgan fingerprint density at radius 1 is 1.14 bits per heavy atom. The zero-order valence-electron chi connectivity index (χ0n) is 17.3. The summed E-state index contributed by atoms with van der Waals surface area (Å²) in [4.78, 5) is 24.6. The summed E-state index contributed by atoms with van der Waals surface area (Å²) in [6.45, 7) is 7.56. The topological polar surface area (TPSA) is 69.5 Å². The van der Waals surface area contributed by atoms with Crippen LogP contribution in [0.1, 0.15) is 41.8 Å². The van der Waals surface area contributed by atoms with E-state index < -0.39 is 0 Å². The van der Waals surface area contributed by atoms with Crippen LogP contribution in [-0.2, 0) is 19.3 Å². The average molecular weight is 414 g/mol. The van der Waals surface area contributed by atoms with Gasteiger partial charge in [-0.3, -0.25) is 4.99 Å². The maximum atomic E-state index is 4.89. The molecular formula is C21H31N7S. The molecule has 0 radical (unpaired) electrons. The van der Waals surface area contributed by atoms with Crippen molar-refractivity contribution in [3.63, 3.8) is 0 Å². The van der Waals surface area contributed by atoms with Crippen molar-refractivity contribution in [1.29, 1.82) is 0 Å². The Bertz CT molecular complexity index is 773. The van der Waals surface area contributed by atoms with Gasteiger partial charge in [0.25, 0.3) is 0 Å². The zero-order valence-corrected chi connectivity index (χ0v) is 18.1. The third kappa shape index (κ3) is 5.23. The molecule has 0 spiro atoms. The number of hydrogen-bond acceptors (Lipinski definition) is 6. The van der Waals surface area contributed by atoms with Crippen molar-refractivity contribution in [2.24, 2.45) is 4.99 Å². The van der Waals surface area contributed by atoms with Gasteiger partial charge in [0.2, 0.25) is 5.95 Å². The fourth-order valence-corrected chi connectivity index (χ4v) is 5.12. The molecule has 0 aromatic carbocycles. The first-order valence-electron chi connectivity index (χ1n) is 10.9. The maximum Gasteiger partial charge on any atom is 0.225 e. The number of nitrogens with one attached hydrogen (secondary N) is 1. The molecule has 2 aliphatic rings. The molecule has 7 nitrogen and oxygen atoms in total. The lowest BCUT2D eigenvalue weighted by Gasteiger charge is -2.36. The molecule has 0 unspecified atom stereocenters. The lowest BCUT2D eigenvalue weighted by Crippen LogP contribution is -2.53. The van der Waals surface area contributed by atoms with E-state index >= 15 is 0 Å². The minimum Gasteiger partial charge on any atom is -0.357 e. The summed E-state index contributed by atoms with van der Waals surface area (Å²) in [7, 11) is 0. The van der Waals surface area contributed by atoms with Gasteiger partial charge in [-0.15, -0.1) is 11.3 Å². The number of aliphatic imine (C=N–C) groups is 1. The van der Waals surface area contributed by atoms with E-state index in [-0.39, 0.29) is 0 Å². The predicted octanol–water partition coefficient (Wildman–Crippen LogP) is 2.53. The van der Waals surface area contributed by atoms with Crippen LogP contribution in [0.2, 0.25) is 0 Å². The van der Waals surface area contributed by atoms with Gasteiger partial charge in [0, 0.05) is 63.0 Å². The van der Waals surface area contributed by atoms with E-state index in [9.17, 15) is 0 Å². The predicted molar refractivity (Wildman–Crippen MR) is 119 cm³/mol. The van der Waals surface area contributed by atoms with Crippen LogP contribution in [0, 0.1) is 0 Å². The van der Waals surface area contributed by atoms with E-state index in [0.29, 0.717) is 0 Å². The van der Waals surface area contributed by atoms with Crippen LogP contribution in [0.3, 0.4) is 0 Å². The first-order valence-corrected chi connectivity index (χ1v) is 11.7.